The number of hydrogen-bond acceptors (Lipinski definition) is 3. The molecule has 0 bridgehead atoms. The van der Waals surface area contributed by atoms with Gasteiger partial charge in [-0.25, -0.2) is 0 Å². The summed E-state index contributed by atoms with van der Waals surface area (Å²) >= 11 is 0. The standard InChI is InChI=1S/C28H44O3/c1-18(2)28(6,31)15-13-19(3)24-11-12-25-21(8-7-14-27(24,25)5)9-10-22-16-23(29)17-26(30)20(22)4/h9-10,13,15,18-19,23-26,29-31H,4,7-8,11-12,14,16-17H2,1-3,5-6H3/b15-13+,21-9+,22-10-/t19-,23-,24?,25?,26+,27-,28-/m1/s1. The molecule has 0 aromatic rings. The van der Waals surface area contributed by atoms with Crippen molar-refractivity contribution in [3.63, 3.8) is 0 Å². The summed E-state index contributed by atoms with van der Waals surface area (Å²) in [5.74, 6) is 1.87. The van der Waals surface area contributed by atoms with Crippen molar-refractivity contribution in [3.05, 3.63) is 47.6 Å². The van der Waals surface area contributed by atoms with E-state index in [-0.39, 0.29) is 5.92 Å². The Morgan fingerprint density at radius 3 is 2.55 bits per heavy atom. The molecule has 2 unspecified atom stereocenters. The van der Waals surface area contributed by atoms with Crippen molar-refractivity contribution in [2.45, 2.75) is 97.4 Å². The van der Waals surface area contributed by atoms with Gasteiger partial charge in [-0.3, -0.25) is 0 Å². The first-order valence-electron chi connectivity index (χ1n) is 12.3. The molecule has 0 spiro atoms. The second-order valence-electron chi connectivity index (χ2n) is 11.3. The molecule has 31 heavy (non-hydrogen) atoms. The third kappa shape index (κ3) is 5.10. The highest BCUT2D eigenvalue weighted by molar-refractivity contribution is 5.38. The number of aliphatic hydroxyl groups is 3. The highest BCUT2D eigenvalue weighted by Crippen LogP contribution is 2.59. The Labute approximate surface area is 189 Å². The number of aliphatic hydroxyl groups excluding tert-OH is 2. The van der Waals surface area contributed by atoms with E-state index in [1.54, 1.807) is 0 Å². The molecule has 3 nitrogen and oxygen atoms in total. The Morgan fingerprint density at radius 2 is 1.87 bits per heavy atom. The first-order chi connectivity index (χ1) is 14.5. The number of allylic oxidation sites excluding steroid dienone is 4. The molecule has 0 aromatic carbocycles. The smallest absolute Gasteiger partial charge is 0.0822 e. The van der Waals surface area contributed by atoms with E-state index in [0.717, 1.165) is 17.6 Å². The van der Waals surface area contributed by atoms with Gasteiger partial charge in [0.15, 0.2) is 0 Å². The molecule has 0 radical (unpaired) electrons. The van der Waals surface area contributed by atoms with E-state index in [9.17, 15) is 15.3 Å². The first-order valence-corrected chi connectivity index (χ1v) is 12.3. The molecule has 0 saturated heterocycles. The van der Waals surface area contributed by atoms with Gasteiger partial charge in [0.25, 0.3) is 0 Å². The molecular weight excluding hydrogens is 384 g/mol. The molecule has 0 aliphatic heterocycles. The van der Waals surface area contributed by atoms with Crippen LogP contribution in [0.25, 0.3) is 0 Å². The van der Waals surface area contributed by atoms with Gasteiger partial charge in [-0.15, -0.1) is 0 Å². The predicted molar refractivity (Wildman–Crippen MR) is 128 cm³/mol. The van der Waals surface area contributed by atoms with E-state index in [2.05, 4.69) is 52.5 Å². The summed E-state index contributed by atoms with van der Waals surface area (Å²) in [6.45, 7) is 14.9. The van der Waals surface area contributed by atoms with Crippen LogP contribution in [-0.4, -0.2) is 33.1 Å². The molecular formula is C28H44O3. The fourth-order valence-electron chi connectivity index (χ4n) is 6.28. The lowest BCUT2D eigenvalue weighted by Gasteiger charge is -2.44. The highest BCUT2D eigenvalue weighted by atomic mass is 16.3. The normalized spacial score (nSPS) is 40.0. The van der Waals surface area contributed by atoms with Crippen LogP contribution in [0.1, 0.15) is 79.6 Å². The van der Waals surface area contributed by atoms with Crippen LogP contribution in [0.4, 0.5) is 0 Å². The minimum atomic E-state index is -0.755. The predicted octanol–water partition coefficient (Wildman–Crippen LogP) is 5.73. The summed E-state index contributed by atoms with van der Waals surface area (Å²) < 4.78 is 0. The van der Waals surface area contributed by atoms with Crippen molar-refractivity contribution < 1.29 is 15.3 Å². The molecule has 3 rings (SSSR count). The van der Waals surface area contributed by atoms with E-state index in [1.165, 1.54) is 31.3 Å². The van der Waals surface area contributed by atoms with Gasteiger partial charge >= 0.3 is 0 Å². The van der Waals surface area contributed by atoms with Gasteiger partial charge in [0.05, 0.1) is 17.8 Å². The topological polar surface area (TPSA) is 60.7 Å². The van der Waals surface area contributed by atoms with Gasteiger partial charge in [-0.1, -0.05) is 64.2 Å². The third-order valence-corrected chi connectivity index (χ3v) is 8.84. The van der Waals surface area contributed by atoms with Crippen molar-refractivity contribution in [2.24, 2.45) is 29.1 Å². The molecule has 3 N–H and O–H groups in total. The van der Waals surface area contributed by atoms with Crippen LogP contribution in [-0.2, 0) is 0 Å². The van der Waals surface area contributed by atoms with Crippen molar-refractivity contribution in [1.82, 2.24) is 0 Å². The Kier molecular flexibility index (Phi) is 7.40. The van der Waals surface area contributed by atoms with Crippen LogP contribution in [0.2, 0.25) is 0 Å². The van der Waals surface area contributed by atoms with E-state index >= 15 is 0 Å². The van der Waals surface area contributed by atoms with Crippen molar-refractivity contribution >= 4 is 0 Å². The Balaban J connectivity index is 1.78. The second-order valence-corrected chi connectivity index (χ2v) is 11.3. The molecule has 0 aromatic heterocycles. The minimum absolute atomic E-state index is 0.201. The second kappa shape index (κ2) is 9.37. The summed E-state index contributed by atoms with van der Waals surface area (Å²) in [4.78, 5) is 0. The maximum absolute atomic E-state index is 10.6. The summed E-state index contributed by atoms with van der Waals surface area (Å²) in [6.07, 6.45) is 14.6. The zero-order valence-electron chi connectivity index (χ0n) is 20.3. The van der Waals surface area contributed by atoms with E-state index in [1.807, 2.05) is 13.0 Å². The largest absolute Gasteiger partial charge is 0.393 e. The monoisotopic (exact) mass is 428 g/mol. The lowest BCUT2D eigenvalue weighted by Crippen LogP contribution is -2.36. The van der Waals surface area contributed by atoms with E-state index in [4.69, 9.17) is 0 Å². The number of fused-ring (bicyclic) bond motifs is 1. The number of hydrogen-bond donors (Lipinski definition) is 3. The Hall–Kier alpha value is -1.16. The summed E-state index contributed by atoms with van der Waals surface area (Å²) in [5, 5.41) is 30.8. The molecule has 0 amide bonds. The average molecular weight is 429 g/mol. The van der Waals surface area contributed by atoms with Crippen LogP contribution >= 0.6 is 0 Å². The molecule has 3 aliphatic carbocycles. The van der Waals surface area contributed by atoms with Crippen molar-refractivity contribution in [1.29, 1.82) is 0 Å². The molecule has 174 valence electrons. The van der Waals surface area contributed by atoms with E-state index < -0.39 is 17.8 Å². The molecule has 3 fully saturated rings. The zero-order valence-corrected chi connectivity index (χ0v) is 20.3. The SMILES string of the molecule is C=C1/C(=C\C=C2/CCC[C@@]3(C)C2CCC3[C@H](C)/C=C/[C@@](C)(O)C(C)C)C[C@@H](O)C[C@@H]1O. The fourth-order valence-corrected chi connectivity index (χ4v) is 6.28. The van der Waals surface area contributed by atoms with Crippen molar-refractivity contribution in [3.8, 4) is 0 Å². The summed E-state index contributed by atoms with van der Waals surface area (Å²) in [7, 11) is 0. The van der Waals surface area contributed by atoms with E-state index in [0.29, 0.717) is 36.0 Å². The third-order valence-electron chi connectivity index (χ3n) is 8.84. The van der Waals surface area contributed by atoms with Crippen LogP contribution in [0.3, 0.4) is 0 Å². The maximum atomic E-state index is 10.6. The van der Waals surface area contributed by atoms with Gasteiger partial charge < -0.3 is 15.3 Å². The Morgan fingerprint density at radius 1 is 1.16 bits per heavy atom. The molecule has 3 aliphatic rings. The summed E-state index contributed by atoms with van der Waals surface area (Å²) in [5.41, 5.74) is 2.82. The minimum Gasteiger partial charge on any atom is -0.393 e. The molecule has 0 heterocycles. The quantitative estimate of drug-likeness (QED) is 0.490. The molecule has 3 saturated carbocycles. The van der Waals surface area contributed by atoms with Crippen LogP contribution < -0.4 is 0 Å². The maximum Gasteiger partial charge on any atom is 0.0822 e. The first kappa shape index (κ1) is 24.5. The fraction of sp³-hybridized carbons (Fsp3) is 0.714. The average Bonchev–Trinajstić information content (AvgIpc) is 3.05. The van der Waals surface area contributed by atoms with Crippen molar-refractivity contribution in [2.75, 3.05) is 0 Å². The van der Waals surface area contributed by atoms with Crippen LogP contribution in [0, 0.1) is 29.1 Å². The zero-order chi connectivity index (χ0) is 23.0. The number of rotatable bonds is 5. The summed E-state index contributed by atoms with van der Waals surface area (Å²) in [6, 6.07) is 0. The highest BCUT2D eigenvalue weighted by Gasteiger charge is 2.50. The van der Waals surface area contributed by atoms with Gasteiger partial charge in [-0.2, -0.15) is 0 Å². The lowest BCUT2D eigenvalue weighted by molar-refractivity contribution is 0.0607. The Bertz CT molecular complexity index is 756. The van der Waals surface area contributed by atoms with Gasteiger partial charge in [-0.05, 0) is 85.7 Å². The molecule has 3 heteroatoms. The molecule has 7 atom stereocenters. The lowest BCUT2D eigenvalue weighted by atomic mass is 9.61. The van der Waals surface area contributed by atoms with Gasteiger partial charge in [0.2, 0.25) is 0 Å². The van der Waals surface area contributed by atoms with Crippen LogP contribution in [0.15, 0.2) is 47.6 Å². The van der Waals surface area contributed by atoms with Gasteiger partial charge in [0, 0.05) is 6.42 Å². The van der Waals surface area contributed by atoms with Gasteiger partial charge in [0.1, 0.15) is 0 Å². The van der Waals surface area contributed by atoms with Crippen LogP contribution in [0.5, 0.6) is 0 Å².